The Morgan fingerprint density at radius 3 is 2.75 bits per heavy atom. The van der Waals surface area contributed by atoms with Gasteiger partial charge in [-0.2, -0.15) is 0 Å². The molecule has 0 nitrogen and oxygen atoms in total. The van der Waals surface area contributed by atoms with Crippen LogP contribution >= 0.6 is 11.8 Å². The number of thioether (sulfide) groups is 1. The van der Waals surface area contributed by atoms with E-state index in [2.05, 4.69) is 32.1 Å². The van der Waals surface area contributed by atoms with Crippen molar-refractivity contribution in [1.82, 2.24) is 0 Å². The van der Waals surface area contributed by atoms with E-state index in [0.717, 1.165) is 0 Å². The van der Waals surface area contributed by atoms with E-state index in [0.29, 0.717) is 0 Å². The third-order valence-electron chi connectivity index (χ3n) is 2.35. The molecule has 0 aromatic carbocycles. The molecule has 1 radical (unpaired) electrons. The fraction of sp³-hybridized carbons (Fsp3) is 0.364. The summed E-state index contributed by atoms with van der Waals surface area (Å²) in [5.74, 6) is 0. The summed E-state index contributed by atoms with van der Waals surface area (Å²) in [6, 6.07) is 0. The van der Waals surface area contributed by atoms with Crippen molar-refractivity contribution in [3.63, 3.8) is 0 Å². The van der Waals surface area contributed by atoms with Gasteiger partial charge >= 0.3 is 0 Å². The third-order valence-corrected chi connectivity index (χ3v) is 3.70. The Morgan fingerprint density at radius 2 is 2.08 bits per heavy atom. The SMILES string of the molecule is CC[C]1SC2=CC=CC2=C1CC. The van der Waals surface area contributed by atoms with E-state index in [1.807, 2.05) is 11.8 Å². The number of fused-ring (bicyclic) bond motifs is 1. The minimum atomic E-state index is 1.17. The van der Waals surface area contributed by atoms with Crippen molar-refractivity contribution in [2.75, 3.05) is 0 Å². The van der Waals surface area contributed by atoms with Crippen LogP contribution in [0.4, 0.5) is 0 Å². The lowest BCUT2D eigenvalue weighted by molar-refractivity contribution is 0.993. The molecule has 1 aliphatic heterocycles. The van der Waals surface area contributed by atoms with Gasteiger partial charge in [-0.3, -0.25) is 0 Å². The minimum absolute atomic E-state index is 1.17. The van der Waals surface area contributed by atoms with Gasteiger partial charge in [0.15, 0.2) is 0 Å². The van der Waals surface area contributed by atoms with Gasteiger partial charge in [-0.25, -0.2) is 0 Å². The first kappa shape index (κ1) is 8.18. The number of rotatable bonds is 2. The van der Waals surface area contributed by atoms with Crippen LogP contribution in [0, 0.1) is 5.25 Å². The van der Waals surface area contributed by atoms with Crippen LogP contribution in [0.1, 0.15) is 26.7 Å². The van der Waals surface area contributed by atoms with E-state index in [1.165, 1.54) is 23.3 Å². The quantitative estimate of drug-likeness (QED) is 0.617. The highest BCUT2D eigenvalue weighted by Gasteiger charge is 2.28. The topological polar surface area (TPSA) is 0 Å². The second-order valence-corrected chi connectivity index (χ2v) is 4.15. The molecule has 1 heteroatoms. The van der Waals surface area contributed by atoms with Crippen LogP contribution in [0.3, 0.4) is 0 Å². The van der Waals surface area contributed by atoms with E-state index in [-0.39, 0.29) is 0 Å². The van der Waals surface area contributed by atoms with Crippen LogP contribution in [-0.4, -0.2) is 0 Å². The lowest BCUT2D eigenvalue weighted by atomic mass is 10.0. The van der Waals surface area contributed by atoms with Crippen molar-refractivity contribution in [2.24, 2.45) is 0 Å². The van der Waals surface area contributed by atoms with Gasteiger partial charge in [0.1, 0.15) is 0 Å². The molecule has 0 bridgehead atoms. The molecule has 1 heterocycles. The normalized spacial score (nSPS) is 22.0. The predicted octanol–water partition coefficient (Wildman–Crippen LogP) is 3.84. The van der Waals surface area contributed by atoms with E-state index in [9.17, 15) is 0 Å². The van der Waals surface area contributed by atoms with Crippen LogP contribution in [-0.2, 0) is 0 Å². The minimum Gasteiger partial charge on any atom is -0.112 e. The Labute approximate surface area is 78.4 Å². The maximum Gasteiger partial charge on any atom is 0.0609 e. The lowest BCUT2D eigenvalue weighted by Gasteiger charge is -2.07. The molecular formula is C11H13S. The molecule has 0 saturated heterocycles. The maximum atomic E-state index is 2.24. The van der Waals surface area contributed by atoms with Crippen molar-refractivity contribution in [1.29, 1.82) is 0 Å². The Balaban J connectivity index is 2.36. The van der Waals surface area contributed by atoms with Crippen LogP contribution < -0.4 is 0 Å². The second-order valence-electron chi connectivity index (χ2n) is 3.01. The molecule has 0 saturated carbocycles. The molecule has 0 amide bonds. The lowest BCUT2D eigenvalue weighted by Crippen LogP contribution is -1.89. The molecule has 0 fully saturated rings. The molecule has 1 aliphatic carbocycles. The average Bonchev–Trinajstić information content (AvgIpc) is 2.61. The van der Waals surface area contributed by atoms with E-state index >= 15 is 0 Å². The van der Waals surface area contributed by atoms with Crippen molar-refractivity contribution in [3.8, 4) is 0 Å². The summed E-state index contributed by atoms with van der Waals surface area (Å²) in [6.07, 6.45) is 8.97. The van der Waals surface area contributed by atoms with Gasteiger partial charge in [0, 0.05) is 4.91 Å². The van der Waals surface area contributed by atoms with E-state index < -0.39 is 0 Å². The van der Waals surface area contributed by atoms with Gasteiger partial charge in [0.2, 0.25) is 0 Å². The third kappa shape index (κ3) is 1.08. The highest BCUT2D eigenvalue weighted by Crippen LogP contribution is 2.51. The zero-order chi connectivity index (χ0) is 8.55. The molecule has 2 aliphatic rings. The number of hydrogen-bond donors (Lipinski definition) is 0. The highest BCUT2D eigenvalue weighted by atomic mass is 32.2. The summed E-state index contributed by atoms with van der Waals surface area (Å²) in [6.45, 7) is 4.48. The average molecular weight is 177 g/mol. The Morgan fingerprint density at radius 1 is 1.25 bits per heavy atom. The first-order valence-electron chi connectivity index (χ1n) is 4.52. The number of allylic oxidation sites excluding steroid dienone is 4. The Hall–Kier alpha value is -0.430. The van der Waals surface area contributed by atoms with E-state index in [4.69, 9.17) is 0 Å². The predicted molar refractivity (Wildman–Crippen MR) is 55.7 cm³/mol. The van der Waals surface area contributed by atoms with Crippen LogP contribution in [0.5, 0.6) is 0 Å². The van der Waals surface area contributed by atoms with Crippen molar-refractivity contribution >= 4 is 11.8 Å². The summed E-state index contributed by atoms with van der Waals surface area (Å²) < 4.78 is 0. The number of hydrogen-bond acceptors (Lipinski definition) is 1. The van der Waals surface area contributed by atoms with Crippen LogP contribution in [0.15, 0.2) is 34.3 Å². The molecule has 0 aromatic rings. The molecule has 0 unspecified atom stereocenters. The van der Waals surface area contributed by atoms with Gasteiger partial charge < -0.3 is 0 Å². The molecule has 2 rings (SSSR count). The molecule has 63 valence electrons. The zero-order valence-corrected chi connectivity index (χ0v) is 8.37. The Kier molecular flexibility index (Phi) is 2.14. The summed E-state index contributed by atoms with van der Waals surface area (Å²) in [4.78, 5) is 1.46. The van der Waals surface area contributed by atoms with Gasteiger partial charge in [-0.15, -0.1) is 11.8 Å². The molecular weight excluding hydrogens is 164 g/mol. The highest BCUT2D eigenvalue weighted by molar-refractivity contribution is 8.06. The summed E-state index contributed by atoms with van der Waals surface area (Å²) in [7, 11) is 0. The van der Waals surface area contributed by atoms with Crippen LogP contribution in [0.25, 0.3) is 0 Å². The van der Waals surface area contributed by atoms with E-state index in [1.54, 1.807) is 10.8 Å². The van der Waals surface area contributed by atoms with Crippen molar-refractivity contribution in [3.05, 3.63) is 39.5 Å². The largest absolute Gasteiger partial charge is 0.112 e. The smallest absolute Gasteiger partial charge is 0.0609 e. The molecule has 12 heavy (non-hydrogen) atoms. The van der Waals surface area contributed by atoms with Crippen molar-refractivity contribution in [2.45, 2.75) is 26.7 Å². The maximum absolute atomic E-state index is 2.24. The summed E-state index contributed by atoms with van der Waals surface area (Å²) >= 11 is 1.96. The van der Waals surface area contributed by atoms with Crippen molar-refractivity contribution < 1.29 is 0 Å². The van der Waals surface area contributed by atoms with Gasteiger partial charge in [0.25, 0.3) is 0 Å². The molecule has 0 N–H and O–H groups in total. The molecule has 0 atom stereocenters. The first-order valence-corrected chi connectivity index (χ1v) is 5.34. The monoisotopic (exact) mass is 177 g/mol. The first-order chi connectivity index (χ1) is 5.86. The molecule has 0 aromatic heterocycles. The summed E-state index contributed by atoms with van der Waals surface area (Å²) in [5.41, 5.74) is 3.06. The van der Waals surface area contributed by atoms with Gasteiger partial charge in [0.05, 0.1) is 5.25 Å². The van der Waals surface area contributed by atoms with Crippen LogP contribution in [0.2, 0.25) is 0 Å². The second kappa shape index (κ2) is 3.14. The molecule has 0 spiro atoms. The van der Waals surface area contributed by atoms with Gasteiger partial charge in [-0.05, 0) is 30.1 Å². The standard InChI is InChI=1S/C11H13S/c1-3-8-9-6-5-7-11(9)12-10(8)4-2/h5-7H,3-4H2,1-2H3. The Bertz CT molecular complexity index is 281. The summed E-state index contributed by atoms with van der Waals surface area (Å²) in [5, 5.41) is 1.57. The van der Waals surface area contributed by atoms with Gasteiger partial charge in [-0.1, -0.05) is 26.0 Å². The fourth-order valence-corrected chi connectivity index (χ4v) is 2.99. The zero-order valence-electron chi connectivity index (χ0n) is 7.55. The fourth-order valence-electron chi connectivity index (χ4n) is 1.76.